The summed E-state index contributed by atoms with van der Waals surface area (Å²) in [5, 5.41) is 1.35. The summed E-state index contributed by atoms with van der Waals surface area (Å²) in [6, 6.07) is 7.68. The molecule has 0 saturated carbocycles. The SMILES string of the molecule is COc1ccc2[nH]c3c(c2c1)C1CCC(C3)N1C. The lowest BCUT2D eigenvalue weighted by Crippen LogP contribution is -2.33. The Morgan fingerprint density at radius 1 is 1.33 bits per heavy atom. The molecule has 2 aromatic rings. The first-order chi connectivity index (χ1) is 8.78. The van der Waals surface area contributed by atoms with E-state index < -0.39 is 0 Å². The third-order valence-electron chi connectivity index (χ3n) is 4.74. The van der Waals surface area contributed by atoms with E-state index in [1.54, 1.807) is 7.11 Å². The molecule has 3 heteroatoms. The monoisotopic (exact) mass is 242 g/mol. The fourth-order valence-electron chi connectivity index (χ4n) is 3.76. The van der Waals surface area contributed by atoms with Crippen molar-refractivity contribution >= 4 is 10.9 Å². The van der Waals surface area contributed by atoms with Gasteiger partial charge in [-0.05, 0) is 43.7 Å². The van der Waals surface area contributed by atoms with Crippen LogP contribution in [0, 0.1) is 0 Å². The number of benzene rings is 1. The van der Waals surface area contributed by atoms with Gasteiger partial charge in [-0.15, -0.1) is 0 Å². The van der Waals surface area contributed by atoms with Crippen LogP contribution in [-0.4, -0.2) is 30.1 Å². The van der Waals surface area contributed by atoms with Crippen LogP contribution >= 0.6 is 0 Å². The van der Waals surface area contributed by atoms with Crippen molar-refractivity contribution in [2.45, 2.75) is 31.3 Å². The smallest absolute Gasteiger partial charge is 0.119 e. The molecule has 2 unspecified atom stereocenters. The number of aromatic amines is 1. The van der Waals surface area contributed by atoms with Gasteiger partial charge in [0.2, 0.25) is 0 Å². The topological polar surface area (TPSA) is 28.3 Å². The molecule has 1 aromatic heterocycles. The van der Waals surface area contributed by atoms with E-state index in [4.69, 9.17) is 4.74 Å². The van der Waals surface area contributed by atoms with E-state index in [2.05, 4.69) is 29.1 Å². The molecule has 18 heavy (non-hydrogen) atoms. The van der Waals surface area contributed by atoms with Gasteiger partial charge in [0.15, 0.2) is 0 Å². The molecule has 2 bridgehead atoms. The summed E-state index contributed by atoms with van der Waals surface area (Å²) in [7, 11) is 4.00. The molecule has 1 aromatic carbocycles. The van der Waals surface area contributed by atoms with Gasteiger partial charge >= 0.3 is 0 Å². The van der Waals surface area contributed by atoms with Gasteiger partial charge in [-0.2, -0.15) is 0 Å². The molecule has 2 atom stereocenters. The summed E-state index contributed by atoms with van der Waals surface area (Å²) in [6.45, 7) is 0. The summed E-state index contributed by atoms with van der Waals surface area (Å²) in [6.07, 6.45) is 3.78. The van der Waals surface area contributed by atoms with Crippen LogP contribution in [-0.2, 0) is 6.42 Å². The molecule has 4 rings (SSSR count). The summed E-state index contributed by atoms with van der Waals surface area (Å²) in [4.78, 5) is 6.16. The minimum Gasteiger partial charge on any atom is -0.497 e. The number of aromatic nitrogens is 1. The van der Waals surface area contributed by atoms with Gasteiger partial charge in [-0.25, -0.2) is 0 Å². The van der Waals surface area contributed by atoms with Gasteiger partial charge in [0, 0.05) is 35.1 Å². The zero-order valence-corrected chi connectivity index (χ0v) is 10.9. The Morgan fingerprint density at radius 3 is 3.06 bits per heavy atom. The summed E-state index contributed by atoms with van der Waals surface area (Å²) in [5.74, 6) is 0.951. The number of fused-ring (bicyclic) bond motifs is 6. The molecule has 1 N–H and O–H groups in total. The average Bonchev–Trinajstić information content (AvgIpc) is 2.85. The quantitative estimate of drug-likeness (QED) is 0.833. The predicted molar refractivity (Wildman–Crippen MR) is 72.1 cm³/mol. The third kappa shape index (κ3) is 1.23. The van der Waals surface area contributed by atoms with E-state index >= 15 is 0 Å². The van der Waals surface area contributed by atoms with E-state index in [0.29, 0.717) is 6.04 Å². The molecule has 0 amide bonds. The molecule has 2 aliphatic heterocycles. The highest BCUT2D eigenvalue weighted by Gasteiger charge is 2.39. The number of ether oxygens (including phenoxy) is 1. The number of hydrogen-bond acceptors (Lipinski definition) is 2. The average molecular weight is 242 g/mol. The summed E-state index contributed by atoms with van der Waals surface area (Å²) >= 11 is 0. The molecular weight excluding hydrogens is 224 g/mol. The van der Waals surface area contributed by atoms with Crippen molar-refractivity contribution in [3.8, 4) is 5.75 Å². The van der Waals surface area contributed by atoms with E-state index in [1.165, 1.54) is 41.4 Å². The Morgan fingerprint density at radius 2 is 2.22 bits per heavy atom. The molecule has 1 fully saturated rings. The van der Waals surface area contributed by atoms with Gasteiger partial charge < -0.3 is 9.72 Å². The normalized spacial score (nSPS) is 26.6. The number of likely N-dealkylation sites (N-methyl/N-ethyl adjacent to an activating group) is 1. The van der Waals surface area contributed by atoms with Crippen molar-refractivity contribution in [2.24, 2.45) is 0 Å². The maximum absolute atomic E-state index is 5.36. The van der Waals surface area contributed by atoms with Crippen molar-refractivity contribution in [1.82, 2.24) is 9.88 Å². The second kappa shape index (κ2) is 3.51. The van der Waals surface area contributed by atoms with E-state index in [-0.39, 0.29) is 0 Å². The molecule has 0 aliphatic carbocycles. The van der Waals surface area contributed by atoms with Crippen molar-refractivity contribution in [2.75, 3.05) is 14.2 Å². The van der Waals surface area contributed by atoms with Crippen molar-refractivity contribution in [3.63, 3.8) is 0 Å². The zero-order chi connectivity index (χ0) is 12.3. The Hall–Kier alpha value is -1.48. The molecule has 94 valence electrons. The van der Waals surface area contributed by atoms with Crippen LogP contribution in [0.4, 0.5) is 0 Å². The van der Waals surface area contributed by atoms with Crippen LogP contribution in [0.3, 0.4) is 0 Å². The standard InChI is InChI=1S/C15H18N2O/c1-17-9-3-6-14(17)15-11-8-10(18-2)4-5-12(11)16-13(15)7-9/h4-5,8-9,14,16H,3,6-7H2,1-2H3. The number of hydrogen-bond donors (Lipinski definition) is 1. The van der Waals surface area contributed by atoms with Gasteiger partial charge in [0.1, 0.15) is 5.75 Å². The number of H-pyrrole nitrogens is 1. The van der Waals surface area contributed by atoms with Gasteiger partial charge in [-0.1, -0.05) is 0 Å². The Labute approximate surface area is 107 Å². The minimum atomic E-state index is 0.597. The molecular formula is C15H18N2O. The Bertz CT molecular complexity index is 616. The third-order valence-corrected chi connectivity index (χ3v) is 4.74. The highest BCUT2D eigenvalue weighted by Crippen LogP contribution is 2.45. The predicted octanol–water partition coefficient (Wildman–Crippen LogP) is 2.87. The van der Waals surface area contributed by atoms with Crippen molar-refractivity contribution in [1.29, 1.82) is 0 Å². The van der Waals surface area contributed by atoms with Gasteiger partial charge in [-0.3, -0.25) is 4.90 Å². The second-order valence-corrected chi connectivity index (χ2v) is 5.55. The minimum absolute atomic E-state index is 0.597. The first kappa shape index (κ1) is 10.4. The van der Waals surface area contributed by atoms with Gasteiger partial charge in [0.05, 0.1) is 7.11 Å². The van der Waals surface area contributed by atoms with Crippen molar-refractivity contribution < 1.29 is 4.74 Å². The molecule has 1 saturated heterocycles. The first-order valence-corrected chi connectivity index (χ1v) is 6.68. The maximum atomic E-state index is 5.36. The summed E-state index contributed by atoms with van der Waals surface area (Å²) < 4.78 is 5.36. The number of nitrogens with one attached hydrogen (secondary N) is 1. The number of nitrogens with zero attached hydrogens (tertiary/aromatic N) is 1. The number of methoxy groups -OCH3 is 1. The lowest BCUT2D eigenvalue weighted by atomic mass is 9.97. The molecule has 0 radical (unpaired) electrons. The van der Waals surface area contributed by atoms with E-state index in [1.807, 2.05) is 6.07 Å². The zero-order valence-electron chi connectivity index (χ0n) is 10.9. The van der Waals surface area contributed by atoms with Crippen LogP contribution in [0.25, 0.3) is 10.9 Å². The van der Waals surface area contributed by atoms with Crippen LogP contribution in [0.5, 0.6) is 5.75 Å². The highest BCUT2D eigenvalue weighted by molar-refractivity contribution is 5.87. The fourth-order valence-corrected chi connectivity index (χ4v) is 3.76. The van der Waals surface area contributed by atoms with Gasteiger partial charge in [0.25, 0.3) is 0 Å². The molecule has 0 spiro atoms. The summed E-state index contributed by atoms with van der Waals surface area (Å²) in [5.41, 5.74) is 4.21. The first-order valence-electron chi connectivity index (χ1n) is 6.68. The molecule has 3 nitrogen and oxygen atoms in total. The largest absolute Gasteiger partial charge is 0.497 e. The second-order valence-electron chi connectivity index (χ2n) is 5.55. The van der Waals surface area contributed by atoms with Crippen LogP contribution in [0.15, 0.2) is 18.2 Å². The van der Waals surface area contributed by atoms with E-state index in [0.717, 1.165) is 11.8 Å². The highest BCUT2D eigenvalue weighted by atomic mass is 16.5. The lowest BCUT2D eigenvalue weighted by Gasteiger charge is -2.31. The van der Waals surface area contributed by atoms with Crippen LogP contribution < -0.4 is 4.74 Å². The number of rotatable bonds is 1. The van der Waals surface area contributed by atoms with Crippen molar-refractivity contribution in [3.05, 3.63) is 29.5 Å². The molecule has 2 aliphatic rings. The molecule has 3 heterocycles. The Balaban J connectivity index is 1.97. The van der Waals surface area contributed by atoms with E-state index in [9.17, 15) is 0 Å². The lowest BCUT2D eigenvalue weighted by molar-refractivity contribution is 0.224. The fraction of sp³-hybridized carbons (Fsp3) is 0.467. The van der Waals surface area contributed by atoms with Crippen LogP contribution in [0.1, 0.15) is 30.1 Å². The maximum Gasteiger partial charge on any atom is 0.119 e. The Kier molecular flexibility index (Phi) is 2.04. The van der Waals surface area contributed by atoms with Crippen LogP contribution in [0.2, 0.25) is 0 Å².